The van der Waals surface area contributed by atoms with Gasteiger partial charge in [-0.25, -0.2) is 9.79 Å². The summed E-state index contributed by atoms with van der Waals surface area (Å²) in [6, 6.07) is 12.6. The molecule has 1 fully saturated rings. The molecule has 0 aliphatic carbocycles. The van der Waals surface area contributed by atoms with Crippen LogP contribution in [0.5, 0.6) is 5.75 Å². The van der Waals surface area contributed by atoms with Gasteiger partial charge in [-0.15, -0.1) is 0 Å². The molecule has 6 nitrogen and oxygen atoms in total. The van der Waals surface area contributed by atoms with Gasteiger partial charge in [-0.05, 0) is 75.7 Å². The van der Waals surface area contributed by atoms with E-state index in [4.69, 9.17) is 9.84 Å². The van der Waals surface area contributed by atoms with E-state index < -0.39 is 12.6 Å². The molecule has 27 heavy (non-hydrogen) atoms. The summed E-state index contributed by atoms with van der Waals surface area (Å²) in [5.41, 5.74) is 1.51. The fourth-order valence-electron chi connectivity index (χ4n) is 2.13. The highest BCUT2D eigenvalue weighted by Gasteiger charge is 2.23. The number of amidine groups is 1. The number of hydrogen-bond donors (Lipinski definition) is 2. The van der Waals surface area contributed by atoms with E-state index in [-0.39, 0.29) is 5.91 Å². The summed E-state index contributed by atoms with van der Waals surface area (Å²) < 4.78 is 6.72. The highest BCUT2D eigenvalue weighted by Crippen LogP contribution is 2.31. The lowest BCUT2D eigenvalue weighted by molar-refractivity contribution is -0.139. The molecule has 2 aromatic rings. The van der Waals surface area contributed by atoms with Gasteiger partial charge in [0.05, 0.1) is 15.1 Å². The van der Waals surface area contributed by atoms with Crippen molar-refractivity contribution in [3.63, 3.8) is 0 Å². The number of aliphatic carboxylic acids is 1. The Hall–Kier alpha value is -2.10. The number of nitrogens with one attached hydrogen (secondary N) is 1. The van der Waals surface area contributed by atoms with E-state index in [2.05, 4.69) is 42.2 Å². The average Bonchev–Trinajstić information content (AvgIpc) is 2.95. The van der Waals surface area contributed by atoms with Crippen LogP contribution in [0, 0.1) is 0 Å². The van der Waals surface area contributed by atoms with E-state index in [1.807, 2.05) is 24.3 Å². The van der Waals surface area contributed by atoms with Crippen molar-refractivity contribution in [1.82, 2.24) is 5.32 Å². The SMILES string of the molecule is O=C(O)COc1ccc(/C=C2/SC(=Nc3ccc(Br)cc3)NC2=O)cc1Br. The number of nitrogens with zero attached hydrogens (tertiary/aromatic N) is 1. The third kappa shape index (κ3) is 5.44. The van der Waals surface area contributed by atoms with E-state index in [0.717, 1.165) is 15.7 Å². The minimum atomic E-state index is -1.05. The van der Waals surface area contributed by atoms with Crippen LogP contribution in [0.25, 0.3) is 6.08 Å². The molecule has 1 amide bonds. The lowest BCUT2D eigenvalue weighted by Crippen LogP contribution is -2.19. The second kappa shape index (κ2) is 8.73. The molecule has 0 radical (unpaired) electrons. The second-order valence-electron chi connectivity index (χ2n) is 5.33. The molecule has 0 atom stereocenters. The molecule has 0 unspecified atom stereocenters. The van der Waals surface area contributed by atoms with E-state index in [1.54, 1.807) is 24.3 Å². The number of carbonyl (C=O) groups excluding carboxylic acids is 1. The summed E-state index contributed by atoms with van der Waals surface area (Å²) in [5, 5.41) is 11.9. The first-order valence-electron chi connectivity index (χ1n) is 7.60. The molecular formula is C18H12Br2N2O4S. The van der Waals surface area contributed by atoms with E-state index in [0.29, 0.717) is 20.3 Å². The number of halogens is 2. The zero-order valence-corrected chi connectivity index (χ0v) is 17.6. The molecule has 0 aromatic heterocycles. The average molecular weight is 512 g/mol. The molecule has 1 aliphatic rings. The number of ether oxygens (including phenoxy) is 1. The van der Waals surface area contributed by atoms with Gasteiger partial charge >= 0.3 is 5.97 Å². The lowest BCUT2D eigenvalue weighted by atomic mass is 10.2. The van der Waals surface area contributed by atoms with E-state index >= 15 is 0 Å². The molecule has 0 saturated carbocycles. The maximum atomic E-state index is 12.2. The van der Waals surface area contributed by atoms with E-state index in [9.17, 15) is 9.59 Å². The van der Waals surface area contributed by atoms with Crippen LogP contribution in [-0.2, 0) is 9.59 Å². The Balaban J connectivity index is 1.75. The van der Waals surface area contributed by atoms with Crippen LogP contribution in [0.15, 0.2) is 61.3 Å². The van der Waals surface area contributed by atoms with Crippen LogP contribution < -0.4 is 10.1 Å². The van der Waals surface area contributed by atoms with E-state index in [1.165, 1.54) is 11.8 Å². The third-order valence-electron chi connectivity index (χ3n) is 3.31. The van der Waals surface area contributed by atoms with Crippen molar-refractivity contribution < 1.29 is 19.4 Å². The Morgan fingerprint density at radius 3 is 2.63 bits per heavy atom. The summed E-state index contributed by atoms with van der Waals surface area (Å²) in [5.74, 6) is -0.858. The molecule has 9 heteroatoms. The first-order chi connectivity index (χ1) is 12.9. The fourth-order valence-corrected chi connectivity index (χ4v) is 3.75. The van der Waals surface area contributed by atoms with Crippen molar-refractivity contribution >= 4 is 72.4 Å². The number of thioether (sulfide) groups is 1. The molecular weight excluding hydrogens is 500 g/mol. The molecule has 3 rings (SSSR count). The Morgan fingerprint density at radius 1 is 1.22 bits per heavy atom. The van der Waals surface area contributed by atoms with Gasteiger partial charge in [0, 0.05) is 4.47 Å². The van der Waals surface area contributed by atoms with Crippen molar-refractivity contribution in [3.8, 4) is 5.75 Å². The van der Waals surface area contributed by atoms with Gasteiger partial charge in [0.25, 0.3) is 5.91 Å². The molecule has 1 heterocycles. The summed E-state index contributed by atoms with van der Waals surface area (Å²) in [4.78, 5) is 27.7. The van der Waals surface area contributed by atoms with Gasteiger partial charge in [-0.2, -0.15) is 0 Å². The zero-order valence-electron chi connectivity index (χ0n) is 13.6. The number of carboxylic acids is 1. The van der Waals surface area contributed by atoms with Crippen LogP contribution in [0.1, 0.15) is 5.56 Å². The molecule has 2 aromatic carbocycles. The van der Waals surface area contributed by atoms with Gasteiger partial charge in [0.15, 0.2) is 11.8 Å². The van der Waals surface area contributed by atoms with Crippen LogP contribution in [0.4, 0.5) is 5.69 Å². The van der Waals surface area contributed by atoms with Gasteiger partial charge in [0.1, 0.15) is 5.75 Å². The van der Waals surface area contributed by atoms with Crippen LogP contribution in [0.2, 0.25) is 0 Å². The summed E-state index contributed by atoms with van der Waals surface area (Å²) >= 11 is 7.96. The van der Waals surface area contributed by atoms with Crippen molar-refractivity contribution in [3.05, 3.63) is 61.9 Å². The highest BCUT2D eigenvalue weighted by atomic mass is 79.9. The minimum Gasteiger partial charge on any atom is -0.481 e. The Bertz CT molecular complexity index is 958. The number of carbonyl (C=O) groups is 2. The Morgan fingerprint density at radius 2 is 1.96 bits per heavy atom. The van der Waals surface area contributed by atoms with Crippen LogP contribution in [0.3, 0.4) is 0 Å². The smallest absolute Gasteiger partial charge is 0.341 e. The number of aliphatic imine (C=N–C) groups is 1. The second-order valence-corrected chi connectivity index (χ2v) is 8.13. The monoisotopic (exact) mass is 510 g/mol. The predicted octanol–water partition coefficient (Wildman–Crippen LogP) is 4.57. The predicted molar refractivity (Wildman–Crippen MR) is 112 cm³/mol. The minimum absolute atomic E-state index is 0.224. The third-order valence-corrected chi connectivity index (χ3v) is 5.37. The number of benzene rings is 2. The molecule has 1 saturated heterocycles. The van der Waals surface area contributed by atoms with Crippen molar-refractivity contribution in [1.29, 1.82) is 0 Å². The normalized spacial score (nSPS) is 16.6. The first kappa shape index (κ1) is 19.7. The largest absolute Gasteiger partial charge is 0.481 e. The summed E-state index contributed by atoms with van der Waals surface area (Å²) in [7, 11) is 0. The molecule has 1 aliphatic heterocycles. The van der Waals surface area contributed by atoms with Gasteiger partial charge in [-0.1, -0.05) is 22.0 Å². The Labute approximate surface area is 176 Å². The molecule has 138 valence electrons. The van der Waals surface area contributed by atoms with Crippen LogP contribution >= 0.6 is 43.6 Å². The zero-order chi connectivity index (χ0) is 19.4. The van der Waals surface area contributed by atoms with Crippen molar-refractivity contribution in [2.45, 2.75) is 0 Å². The molecule has 2 N–H and O–H groups in total. The van der Waals surface area contributed by atoms with Gasteiger partial charge < -0.3 is 15.2 Å². The van der Waals surface area contributed by atoms with Gasteiger partial charge in [-0.3, -0.25) is 4.79 Å². The van der Waals surface area contributed by atoms with Crippen molar-refractivity contribution in [2.24, 2.45) is 4.99 Å². The molecule has 0 bridgehead atoms. The first-order valence-corrected chi connectivity index (χ1v) is 10.0. The number of hydrogen-bond acceptors (Lipinski definition) is 5. The van der Waals surface area contributed by atoms with Crippen molar-refractivity contribution in [2.75, 3.05) is 6.61 Å². The molecule has 0 spiro atoms. The summed E-state index contributed by atoms with van der Waals surface area (Å²) in [6.07, 6.45) is 1.73. The number of carboxylic acid groups (broad SMARTS) is 1. The lowest BCUT2D eigenvalue weighted by Gasteiger charge is -2.06. The Kier molecular flexibility index (Phi) is 6.35. The van der Waals surface area contributed by atoms with Gasteiger partial charge in [0.2, 0.25) is 0 Å². The fraction of sp³-hybridized carbons (Fsp3) is 0.0556. The summed E-state index contributed by atoms with van der Waals surface area (Å²) in [6.45, 7) is -0.423. The number of amides is 1. The topological polar surface area (TPSA) is 88.0 Å². The highest BCUT2D eigenvalue weighted by molar-refractivity contribution is 9.10. The number of rotatable bonds is 5. The maximum Gasteiger partial charge on any atom is 0.341 e. The quantitative estimate of drug-likeness (QED) is 0.574. The van der Waals surface area contributed by atoms with Crippen LogP contribution in [-0.4, -0.2) is 28.8 Å². The standard InChI is InChI=1S/C18H12Br2N2O4S/c19-11-2-4-12(5-3-11)21-18-22-17(25)15(27-18)8-10-1-6-14(13(20)7-10)26-9-16(23)24/h1-8H,9H2,(H,23,24)(H,21,22,25)/b15-8+. The maximum absolute atomic E-state index is 12.2.